The van der Waals surface area contributed by atoms with Gasteiger partial charge in [0.1, 0.15) is 5.75 Å². The fraction of sp³-hybridized carbons (Fsp3) is 0.160. The van der Waals surface area contributed by atoms with E-state index in [0.29, 0.717) is 13.1 Å². The van der Waals surface area contributed by atoms with Crippen molar-refractivity contribution in [3.63, 3.8) is 0 Å². The second-order valence-electron chi connectivity index (χ2n) is 7.43. The van der Waals surface area contributed by atoms with Crippen molar-refractivity contribution in [2.75, 3.05) is 7.11 Å². The van der Waals surface area contributed by atoms with E-state index in [2.05, 4.69) is 34.2 Å². The van der Waals surface area contributed by atoms with Crippen LogP contribution in [0.5, 0.6) is 5.75 Å². The van der Waals surface area contributed by atoms with Crippen molar-refractivity contribution >= 4 is 22.8 Å². The minimum atomic E-state index is -0.382. The molecule has 0 atom stereocenters. The predicted octanol–water partition coefficient (Wildman–Crippen LogP) is 5.04. The molecule has 1 aromatic heterocycles. The van der Waals surface area contributed by atoms with Gasteiger partial charge in [-0.05, 0) is 24.6 Å². The first-order valence-electron chi connectivity index (χ1n) is 10.3. The number of hydrazone groups is 1. The average Bonchev–Trinajstić information content (AvgIpc) is 3.08. The Hall–Kier alpha value is -4.13. The number of hydrogen-bond acceptors (Lipinski definition) is 5. The molecule has 32 heavy (non-hydrogen) atoms. The predicted molar refractivity (Wildman–Crippen MR) is 126 cm³/mol. The molecule has 0 radical (unpaired) electrons. The fourth-order valence-corrected chi connectivity index (χ4v) is 3.82. The summed E-state index contributed by atoms with van der Waals surface area (Å²) in [5, 5.41) is 16.5. The zero-order valence-electron chi connectivity index (χ0n) is 18.0. The number of nitrogens with zero attached hydrogens (tertiary/aromatic N) is 3. The van der Waals surface area contributed by atoms with Crippen molar-refractivity contribution in [1.82, 2.24) is 9.99 Å². The summed E-state index contributed by atoms with van der Waals surface area (Å²) >= 11 is 0. The second-order valence-corrected chi connectivity index (χ2v) is 7.43. The smallest absolute Gasteiger partial charge is 0.269 e. The van der Waals surface area contributed by atoms with E-state index in [-0.39, 0.29) is 10.6 Å². The summed E-state index contributed by atoms with van der Waals surface area (Å²) < 4.78 is 7.59. The Kier molecular flexibility index (Phi) is 6.17. The molecule has 7 nitrogen and oxygen atoms in total. The molecule has 0 unspecified atom stereocenters. The third kappa shape index (κ3) is 4.32. The summed E-state index contributed by atoms with van der Waals surface area (Å²) in [7, 11) is 1.66. The molecule has 0 spiro atoms. The van der Waals surface area contributed by atoms with Crippen molar-refractivity contribution in [2.24, 2.45) is 5.10 Å². The molecule has 0 bridgehead atoms. The van der Waals surface area contributed by atoms with E-state index >= 15 is 0 Å². The van der Waals surface area contributed by atoms with E-state index in [0.717, 1.165) is 39.0 Å². The van der Waals surface area contributed by atoms with Crippen molar-refractivity contribution in [2.45, 2.75) is 20.0 Å². The van der Waals surface area contributed by atoms with E-state index in [1.165, 1.54) is 0 Å². The molecule has 1 heterocycles. The zero-order chi connectivity index (χ0) is 22.5. The number of rotatable bonds is 8. The Morgan fingerprint density at radius 3 is 2.53 bits per heavy atom. The first kappa shape index (κ1) is 21.1. The lowest BCUT2D eigenvalue weighted by atomic mass is 10.1. The lowest BCUT2D eigenvalue weighted by Crippen LogP contribution is -2.07. The highest BCUT2D eigenvalue weighted by Gasteiger charge is 2.13. The average molecular weight is 428 g/mol. The van der Waals surface area contributed by atoms with Crippen LogP contribution in [0.25, 0.3) is 10.9 Å². The van der Waals surface area contributed by atoms with Gasteiger partial charge in [-0.1, -0.05) is 48.5 Å². The van der Waals surface area contributed by atoms with E-state index in [9.17, 15) is 10.1 Å². The molecule has 0 saturated carbocycles. The van der Waals surface area contributed by atoms with Crippen LogP contribution < -0.4 is 10.2 Å². The van der Waals surface area contributed by atoms with Gasteiger partial charge < -0.3 is 14.7 Å². The number of non-ortho nitro benzene ring substituents is 1. The molecule has 0 aliphatic rings. The Balaban J connectivity index is 1.58. The van der Waals surface area contributed by atoms with Crippen LogP contribution in [-0.2, 0) is 13.1 Å². The number of nitro groups is 1. The Labute approximate surface area is 186 Å². The Morgan fingerprint density at radius 1 is 1.06 bits per heavy atom. The zero-order valence-corrected chi connectivity index (χ0v) is 18.0. The fourth-order valence-electron chi connectivity index (χ4n) is 3.82. The molecule has 0 amide bonds. The SMILES string of the molecule is COc1ccccc1CN/N=C/c1c(C)n(Cc2ccc([N+](=O)[O-])cc2)c2ccccc12. The van der Waals surface area contributed by atoms with Gasteiger partial charge in [0.15, 0.2) is 0 Å². The molecule has 0 fully saturated rings. The first-order chi connectivity index (χ1) is 15.6. The Bertz CT molecular complexity index is 1280. The maximum atomic E-state index is 10.9. The van der Waals surface area contributed by atoms with Gasteiger partial charge in [0, 0.05) is 46.4 Å². The van der Waals surface area contributed by atoms with Crippen molar-refractivity contribution in [1.29, 1.82) is 0 Å². The molecule has 0 aliphatic heterocycles. The maximum Gasteiger partial charge on any atom is 0.269 e. The maximum absolute atomic E-state index is 10.9. The van der Waals surface area contributed by atoms with E-state index in [4.69, 9.17) is 4.74 Å². The molecule has 1 N–H and O–H groups in total. The van der Waals surface area contributed by atoms with Crippen LogP contribution in [0, 0.1) is 17.0 Å². The molecular weight excluding hydrogens is 404 g/mol. The summed E-state index contributed by atoms with van der Waals surface area (Å²) in [5.74, 6) is 0.825. The number of aromatic nitrogens is 1. The van der Waals surface area contributed by atoms with Crippen LogP contribution in [0.15, 0.2) is 77.9 Å². The van der Waals surface area contributed by atoms with Gasteiger partial charge >= 0.3 is 0 Å². The summed E-state index contributed by atoms with van der Waals surface area (Å²) in [5.41, 5.74) is 8.44. The van der Waals surface area contributed by atoms with E-state index in [1.807, 2.05) is 42.6 Å². The minimum absolute atomic E-state index is 0.0942. The number of hydrogen-bond donors (Lipinski definition) is 1. The molecule has 4 rings (SSSR count). The van der Waals surface area contributed by atoms with Gasteiger partial charge in [-0.3, -0.25) is 10.1 Å². The van der Waals surface area contributed by atoms with Gasteiger partial charge in [0.25, 0.3) is 5.69 Å². The summed E-state index contributed by atoms with van der Waals surface area (Å²) in [6.07, 6.45) is 1.85. The first-order valence-corrected chi connectivity index (χ1v) is 10.3. The highest BCUT2D eigenvalue weighted by molar-refractivity contribution is 6.01. The molecule has 7 heteroatoms. The van der Waals surface area contributed by atoms with Crippen LogP contribution in [0.4, 0.5) is 5.69 Å². The number of para-hydroxylation sites is 2. The molecule has 0 aliphatic carbocycles. The molecule has 3 aromatic carbocycles. The highest BCUT2D eigenvalue weighted by atomic mass is 16.6. The monoisotopic (exact) mass is 428 g/mol. The number of benzene rings is 3. The van der Waals surface area contributed by atoms with Gasteiger partial charge in [-0.25, -0.2) is 0 Å². The topological polar surface area (TPSA) is 81.7 Å². The summed E-state index contributed by atoms with van der Waals surface area (Å²) in [4.78, 5) is 10.5. The van der Waals surface area contributed by atoms with Gasteiger partial charge in [-0.2, -0.15) is 5.10 Å². The number of methoxy groups -OCH3 is 1. The van der Waals surface area contributed by atoms with E-state index in [1.54, 1.807) is 31.4 Å². The number of nitrogens with one attached hydrogen (secondary N) is 1. The van der Waals surface area contributed by atoms with Crippen molar-refractivity contribution < 1.29 is 9.66 Å². The van der Waals surface area contributed by atoms with Crippen LogP contribution in [0.1, 0.15) is 22.4 Å². The third-order valence-corrected chi connectivity index (χ3v) is 5.51. The highest BCUT2D eigenvalue weighted by Crippen LogP contribution is 2.26. The normalized spacial score (nSPS) is 11.2. The van der Waals surface area contributed by atoms with Crippen molar-refractivity contribution in [3.05, 3.63) is 105 Å². The van der Waals surface area contributed by atoms with Crippen LogP contribution >= 0.6 is 0 Å². The quantitative estimate of drug-likeness (QED) is 0.242. The molecule has 4 aromatic rings. The van der Waals surface area contributed by atoms with Gasteiger partial charge in [-0.15, -0.1) is 0 Å². The molecular formula is C25H24N4O3. The second kappa shape index (κ2) is 9.34. The minimum Gasteiger partial charge on any atom is -0.496 e. The van der Waals surface area contributed by atoms with Crippen LogP contribution in [-0.4, -0.2) is 22.8 Å². The lowest BCUT2D eigenvalue weighted by Gasteiger charge is -2.09. The Morgan fingerprint density at radius 2 is 1.78 bits per heavy atom. The summed E-state index contributed by atoms with van der Waals surface area (Å²) in [6.45, 7) is 3.24. The molecule has 162 valence electrons. The van der Waals surface area contributed by atoms with Crippen molar-refractivity contribution in [3.8, 4) is 5.75 Å². The number of fused-ring (bicyclic) bond motifs is 1. The third-order valence-electron chi connectivity index (χ3n) is 5.51. The van der Waals surface area contributed by atoms with Crippen LogP contribution in [0.2, 0.25) is 0 Å². The number of nitro benzene ring substituents is 1. The van der Waals surface area contributed by atoms with Crippen LogP contribution in [0.3, 0.4) is 0 Å². The summed E-state index contributed by atoms with van der Waals surface area (Å²) in [6, 6.07) is 22.7. The van der Waals surface area contributed by atoms with Gasteiger partial charge in [0.05, 0.1) is 24.8 Å². The van der Waals surface area contributed by atoms with E-state index < -0.39 is 0 Å². The largest absolute Gasteiger partial charge is 0.496 e. The lowest BCUT2D eigenvalue weighted by molar-refractivity contribution is -0.384. The molecule has 0 saturated heterocycles. The standard InChI is InChI=1S/C25H24N4O3/c1-18-23(16-27-26-15-20-7-3-6-10-25(20)32-2)22-8-4-5-9-24(22)28(18)17-19-11-13-21(14-12-19)29(30)31/h3-14,16,26H,15,17H2,1-2H3/b27-16+. The van der Waals surface area contributed by atoms with Gasteiger partial charge in [0.2, 0.25) is 0 Å². The number of ether oxygens (including phenoxy) is 1.